The summed E-state index contributed by atoms with van der Waals surface area (Å²) >= 11 is 1.24. The third-order valence-electron chi connectivity index (χ3n) is 3.43. The average Bonchev–Trinajstić information content (AvgIpc) is 3.35. The maximum absolute atomic E-state index is 11.8. The number of hydrogen-bond acceptors (Lipinski definition) is 7. The van der Waals surface area contributed by atoms with Crippen molar-refractivity contribution in [2.24, 2.45) is 0 Å². The van der Waals surface area contributed by atoms with Gasteiger partial charge in [-0.2, -0.15) is 0 Å². The molecule has 0 unspecified atom stereocenters. The van der Waals surface area contributed by atoms with Gasteiger partial charge in [0.05, 0.1) is 19.4 Å². The van der Waals surface area contributed by atoms with Gasteiger partial charge in [-0.1, -0.05) is 23.9 Å². The lowest BCUT2D eigenvalue weighted by atomic mass is 10.3. The second-order valence-electron chi connectivity index (χ2n) is 5.32. The van der Waals surface area contributed by atoms with Gasteiger partial charge in [-0.15, -0.1) is 10.2 Å². The lowest BCUT2D eigenvalue weighted by Crippen LogP contribution is -2.29. The Kier molecular flexibility index (Phi) is 5.58. The smallest absolute Gasteiger partial charge is 0.277 e. The van der Waals surface area contributed by atoms with E-state index in [0.29, 0.717) is 41.7 Å². The predicted molar refractivity (Wildman–Crippen MR) is 88.5 cm³/mol. The highest BCUT2D eigenvalue weighted by Gasteiger charge is 2.29. The van der Waals surface area contributed by atoms with Crippen molar-refractivity contribution in [1.29, 1.82) is 0 Å². The van der Waals surface area contributed by atoms with Crippen molar-refractivity contribution in [3.63, 3.8) is 0 Å². The number of benzene rings is 1. The Morgan fingerprint density at radius 3 is 2.88 bits per heavy atom. The van der Waals surface area contributed by atoms with Gasteiger partial charge < -0.3 is 19.2 Å². The molecule has 0 atom stereocenters. The van der Waals surface area contributed by atoms with Crippen LogP contribution in [0.1, 0.15) is 24.7 Å². The summed E-state index contributed by atoms with van der Waals surface area (Å²) in [6.45, 7) is 0.776. The van der Waals surface area contributed by atoms with Gasteiger partial charge in [-0.25, -0.2) is 0 Å². The van der Waals surface area contributed by atoms with Gasteiger partial charge in [0.2, 0.25) is 11.8 Å². The summed E-state index contributed by atoms with van der Waals surface area (Å²) in [5, 5.41) is 11.1. The number of nitrogens with zero attached hydrogens (tertiary/aromatic N) is 2. The zero-order valence-corrected chi connectivity index (χ0v) is 14.2. The lowest BCUT2D eigenvalue weighted by molar-refractivity contribution is -0.118. The average molecular weight is 349 g/mol. The molecule has 0 spiro atoms. The number of carbonyl (C=O) groups is 1. The highest BCUT2D eigenvalue weighted by Crippen LogP contribution is 2.39. The van der Waals surface area contributed by atoms with Crippen LogP contribution in [0, 0.1) is 0 Å². The van der Waals surface area contributed by atoms with E-state index in [1.54, 1.807) is 7.11 Å². The van der Waals surface area contributed by atoms with Crippen LogP contribution >= 0.6 is 11.8 Å². The standard InChI is InChI=1S/C16H19N3O4S/c1-21-12-4-2-3-5-13(12)22-9-8-17-14(20)10-24-16-19-18-15(23-16)11-6-7-11/h2-5,11H,6-10H2,1H3,(H,17,20). The molecule has 1 aromatic carbocycles. The second-order valence-corrected chi connectivity index (χ2v) is 6.25. The van der Waals surface area contributed by atoms with Crippen LogP contribution in [0.25, 0.3) is 0 Å². The molecule has 1 N–H and O–H groups in total. The summed E-state index contributed by atoms with van der Waals surface area (Å²) in [6, 6.07) is 7.39. The molecule has 0 radical (unpaired) electrons. The van der Waals surface area contributed by atoms with E-state index < -0.39 is 0 Å². The molecule has 0 saturated heterocycles. The van der Waals surface area contributed by atoms with Crippen LogP contribution in [0.4, 0.5) is 0 Å². The minimum atomic E-state index is -0.102. The first-order chi connectivity index (χ1) is 11.8. The quantitative estimate of drug-likeness (QED) is 0.549. The zero-order valence-electron chi connectivity index (χ0n) is 13.4. The highest BCUT2D eigenvalue weighted by atomic mass is 32.2. The van der Waals surface area contributed by atoms with Gasteiger partial charge in [0, 0.05) is 5.92 Å². The van der Waals surface area contributed by atoms with Crippen molar-refractivity contribution in [2.45, 2.75) is 24.0 Å². The van der Waals surface area contributed by atoms with Gasteiger partial charge in [0.25, 0.3) is 5.22 Å². The molecule has 2 aromatic rings. The number of carbonyl (C=O) groups excluding carboxylic acids is 1. The number of aromatic nitrogens is 2. The molecule has 7 nitrogen and oxygen atoms in total. The Morgan fingerprint density at radius 2 is 2.12 bits per heavy atom. The van der Waals surface area contributed by atoms with E-state index >= 15 is 0 Å². The number of hydrogen-bond donors (Lipinski definition) is 1. The van der Waals surface area contributed by atoms with E-state index in [0.717, 1.165) is 12.8 Å². The minimum Gasteiger partial charge on any atom is -0.493 e. The van der Waals surface area contributed by atoms with E-state index in [1.807, 2.05) is 24.3 Å². The van der Waals surface area contributed by atoms with Crippen LogP contribution in [0.3, 0.4) is 0 Å². The number of ether oxygens (including phenoxy) is 2. The van der Waals surface area contributed by atoms with Crippen molar-refractivity contribution >= 4 is 17.7 Å². The number of para-hydroxylation sites is 2. The normalized spacial score (nSPS) is 13.5. The van der Waals surface area contributed by atoms with Crippen molar-refractivity contribution in [3.8, 4) is 11.5 Å². The van der Waals surface area contributed by atoms with Crippen LogP contribution in [-0.4, -0.2) is 42.1 Å². The van der Waals surface area contributed by atoms with Gasteiger partial charge >= 0.3 is 0 Å². The van der Waals surface area contributed by atoms with E-state index in [-0.39, 0.29) is 11.7 Å². The molecule has 0 bridgehead atoms. The first-order valence-electron chi connectivity index (χ1n) is 7.75. The van der Waals surface area contributed by atoms with Gasteiger partial charge in [-0.05, 0) is 25.0 Å². The molecule has 3 rings (SSSR count). The zero-order chi connectivity index (χ0) is 16.8. The molecule has 128 valence electrons. The summed E-state index contributed by atoms with van der Waals surface area (Å²) in [7, 11) is 1.59. The van der Waals surface area contributed by atoms with E-state index in [1.165, 1.54) is 11.8 Å². The van der Waals surface area contributed by atoms with Crippen molar-refractivity contribution in [3.05, 3.63) is 30.2 Å². The number of thioether (sulfide) groups is 1. The fourth-order valence-corrected chi connectivity index (χ4v) is 2.64. The summed E-state index contributed by atoms with van der Waals surface area (Å²) in [6.07, 6.45) is 2.22. The Bertz CT molecular complexity index is 687. The monoisotopic (exact) mass is 349 g/mol. The molecule has 1 aromatic heterocycles. The molecule has 1 amide bonds. The van der Waals surface area contributed by atoms with E-state index in [4.69, 9.17) is 13.9 Å². The lowest BCUT2D eigenvalue weighted by Gasteiger charge is -2.10. The largest absolute Gasteiger partial charge is 0.493 e. The third-order valence-corrected chi connectivity index (χ3v) is 4.24. The number of methoxy groups -OCH3 is 1. The molecule has 24 heavy (non-hydrogen) atoms. The summed E-state index contributed by atoms with van der Waals surface area (Å²) in [5.74, 6) is 2.57. The van der Waals surface area contributed by atoms with Gasteiger partial charge in [0.1, 0.15) is 6.61 Å². The summed E-state index contributed by atoms with van der Waals surface area (Å²) in [4.78, 5) is 11.8. The fraction of sp³-hybridized carbons (Fsp3) is 0.438. The molecule has 1 fully saturated rings. The molecule has 1 heterocycles. The Morgan fingerprint density at radius 1 is 1.33 bits per heavy atom. The van der Waals surface area contributed by atoms with Gasteiger partial charge in [0.15, 0.2) is 11.5 Å². The van der Waals surface area contributed by atoms with E-state index in [9.17, 15) is 4.79 Å². The van der Waals surface area contributed by atoms with Crippen LogP contribution in [0.5, 0.6) is 11.5 Å². The van der Waals surface area contributed by atoms with Gasteiger partial charge in [-0.3, -0.25) is 4.79 Å². The van der Waals surface area contributed by atoms with Crippen LogP contribution in [0.15, 0.2) is 33.9 Å². The molecular formula is C16H19N3O4S. The summed E-state index contributed by atoms with van der Waals surface area (Å²) in [5.41, 5.74) is 0. The molecule has 8 heteroatoms. The van der Waals surface area contributed by atoms with Crippen molar-refractivity contribution in [2.75, 3.05) is 26.0 Å². The molecule has 1 aliphatic carbocycles. The predicted octanol–water partition coefficient (Wildman–Crippen LogP) is 2.24. The molecule has 0 aliphatic heterocycles. The minimum absolute atomic E-state index is 0.102. The third kappa shape index (κ3) is 4.64. The Labute approximate surface area is 144 Å². The van der Waals surface area contributed by atoms with Crippen molar-refractivity contribution in [1.82, 2.24) is 15.5 Å². The first kappa shape index (κ1) is 16.6. The van der Waals surface area contributed by atoms with Crippen LogP contribution < -0.4 is 14.8 Å². The first-order valence-corrected chi connectivity index (χ1v) is 8.73. The topological polar surface area (TPSA) is 86.5 Å². The molecule has 1 aliphatic rings. The summed E-state index contributed by atoms with van der Waals surface area (Å²) < 4.78 is 16.3. The molecule has 1 saturated carbocycles. The Hall–Kier alpha value is -2.22. The maximum Gasteiger partial charge on any atom is 0.277 e. The fourth-order valence-electron chi connectivity index (χ4n) is 2.04. The van der Waals surface area contributed by atoms with E-state index in [2.05, 4.69) is 15.5 Å². The SMILES string of the molecule is COc1ccccc1OCCNC(=O)CSc1nnc(C2CC2)o1. The number of nitrogens with one attached hydrogen (secondary N) is 1. The maximum atomic E-state index is 11.8. The molecular weight excluding hydrogens is 330 g/mol. The number of amides is 1. The van der Waals surface area contributed by atoms with Crippen molar-refractivity contribution < 1.29 is 18.7 Å². The van der Waals surface area contributed by atoms with Crippen LogP contribution in [-0.2, 0) is 4.79 Å². The number of rotatable bonds is 9. The highest BCUT2D eigenvalue weighted by molar-refractivity contribution is 7.99. The second kappa shape index (κ2) is 8.05. The Balaban J connectivity index is 1.33. The van der Waals surface area contributed by atoms with Crippen LogP contribution in [0.2, 0.25) is 0 Å².